The van der Waals surface area contributed by atoms with E-state index in [2.05, 4.69) is 10.3 Å². The summed E-state index contributed by atoms with van der Waals surface area (Å²) in [7, 11) is 0. The second kappa shape index (κ2) is 7.95. The molecule has 0 spiro atoms. The van der Waals surface area contributed by atoms with Crippen LogP contribution in [0.3, 0.4) is 0 Å². The second-order valence-corrected chi connectivity index (χ2v) is 9.80. The van der Waals surface area contributed by atoms with Gasteiger partial charge < -0.3 is 10.2 Å². The number of nitriles is 1. The summed E-state index contributed by atoms with van der Waals surface area (Å²) in [4.78, 5) is 33.0. The van der Waals surface area contributed by atoms with Crippen molar-refractivity contribution in [2.45, 2.75) is 58.9 Å². The molecule has 3 heterocycles. The Kier molecular flexibility index (Phi) is 5.56. The van der Waals surface area contributed by atoms with Gasteiger partial charge in [-0.2, -0.15) is 18.4 Å². The maximum Gasteiger partial charge on any atom is 0.390 e. The molecule has 4 rings (SSSR count). The van der Waals surface area contributed by atoms with Gasteiger partial charge in [-0.25, -0.2) is 4.79 Å². The molecule has 32 heavy (non-hydrogen) atoms. The zero-order valence-corrected chi connectivity index (χ0v) is 18.6. The molecule has 1 N–H and O–H groups in total. The summed E-state index contributed by atoms with van der Waals surface area (Å²) >= 11 is 1.15. The number of nitrogens with one attached hydrogen (secondary N) is 1. The van der Waals surface area contributed by atoms with E-state index in [-0.39, 0.29) is 16.8 Å². The van der Waals surface area contributed by atoms with E-state index in [1.807, 2.05) is 11.8 Å². The first-order chi connectivity index (χ1) is 15.0. The van der Waals surface area contributed by atoms with Gasteiger partial charge >= 0.3 is 11.9 Å². The largest absolute Gasteiger partial charge is 0.390 e. The monoisotopic (exact) mass is 468 g/mol. The predicted octanol–water partition coefficient (Wildman–Crippen LogP) is 2.53. The lowest BCUT2D eigenvalue weighted by atomic mass is 10.1. The van der Waals surface area contributed by atoms with Crippen LogP contribution in [0.2, 0.25) is 0 Å². The fourth-order valence-electron chi connectivity index (χ4n) is 3.92. The quantitative estimate of drug-likeness (QED) is 0.658. The number of hydrogen-bond donors (Lipinski definition) is 1. The highest BCUT2D eigenvalue weighted by Crippen LogP contribution is 2.46. The topological polar surface area (TPSA) is 95.4 Å². The molecule has 2 fully saturated rings. The molecular formula is C20H23F3N6O2S. The van der Waals surface area contributed by atoms with Crippen LogP contribution in [0.15, 0.2) is 14.6 Å². The van der Waals surface area contributed by atoms with Crippen molar-refractivity contribution in [1.82, 2.24) is 19.4 Å². The normalized spacial score (nSPS) is 18.9. The molecule has 172 valence electrons. The molecule has 0 aromatic carbocycles. The summed E-state index contributed by atoms with van der Waals surface area (Å²) < 4.78 is 41.1. The van der Waals surface area contributed by atoms with E-state index < -0.39 is 30.4 Å². The first-order valence-corrected chi connectivity index (χ1v) is 11.1. The van der Waals surface area contributed by atoms with Gasteiger partial charge in [0.15, 0.2) is 0 Å². The summed E-state index contributed by atoms with van der Waals surface area (Å²) in [5, 5.41) is 12.2. The summed E-state index contributed by atoms with van der Waals surface area (Å²) in [6.45, 7) is 4.91. The van der Waals surface area contributed by atoms with E-state index in [0.29, 0.717) is 36.5 Å². The maximum absolute atomic E-state index is 13.3. The van der Waals surface area contributed by atoms with Crippen molar-refractivity contribution in [3.8, 4) is 6.19 Å². The molecule has 0 amide bonds. The average molecular weight is 469 g/mol. The van der Waals surface area contributed by atoms with Crippen LogP contribution in [0.4, 0.5) is 13.2 Å². The predicted molar refractivity (Wildman–Crippen MR) is 115 cm³/mol. The SMILES string of the molecule is Cc1c(CN2CCN/C2=N\C#N)sc2c1c(=O)n(CC1(C)CC1)c(=O)n2CCC(F)(F)F. The van der Waals surface area contributed by atoms with Gasteiger partial charge in [0.2, 0.25) is 12.2 Å². The van der Waals surface area contributed by atoms with Crippen LogP contribution in [0, 0.1) is 23.8 Å². The number of guanidine groups is 1. The summed E-state index contributed by atoms with van der Waals surface area (Å²) in [5.74, 6) is 0.415. The minimum absolute atomic E-state index is 0.171. The van der Waals surface area contributed by atoms with Crippen LogP contribution in [0.25, 0.3) is 10.2 Å². The fraction of sp³-hybridized carbons (Fsp3) is 0.600. The zero-order valence-electron chi connectivity index (χ0n) is 17.8. The van der Waals surface area contributed by atoms with Crippen molar-refractivity contribution < 1.29 is 13.2 Å². The van der Waals surface area contributed by atoms with E-state index in [4.69, 9.17) is 5.26 Å². The van der Waals surface area contributed by atoms with Crippen LogP contribution >= 0.6 is 11.3 Å². The minimum atomic E-state index is -4.42. The number of nitrogens with zero attached hydrogens (tertiary/aromatic N) is 5. The Morgan fingerprint density at radius 2 is 2.00 bits per heavy atom. The standard InChI is InChI=1S/C20H23F3N6O2S/c1-12-13(9-27-8-6-25-17(27)26-11-24)32-16-14(12)15(30)29(10-19(2)3-4-19)18(31)28(16)7-5-20(21,22)23/h3-10H2,1-2H3,(H,25,26). The van der Waals surface area contributed by atoms with Crippen LogP contribution < -0.4 is 16.6 Å². The first kappa shape index (κ1) is 22.4. The van der Waals surface area contributed by atoms with Crippen LogP contribution in [-0.4, -0.2) is 39.3 Å². The molecule has 1 aliphatic heterocycles. The Bertz CT molecular complexity index is 1250. The molecule has 1 saturated heterocycles. The lowest BCUT2D eigenvalue weighted by Crippen LogP contribution is -2.41. The number of hydrogen-bond acceptors (Lipinski definition) is 5. The van der Waals surface area contributed by atoms with Crippen LogP contribution in [0.1, 0.15) is 36.6 Å². The summed E-state index contributed by atoms with van der Waals surface area (Å²) in [6, 6.07) is 0. The van der Waals surface area contributed by atoms with E-state index in [0.717, 1.165) is 38.2 Å². The Labute approximate surface area is 185 Å². The molecule has 0 bridgehead atoms. The number of rotatable bonds is 6. The third-order valence-electron chi connectivity index (χ3n) is 6.11. The van der Waals surface area contributed by atoms with Gasteiger partial charge in [0.1, 0.15) is 4.83 Å². The van der Waals surface area contributed by atoms with Gasteiger partial charge in [0.25, 0.3) is 5.56 Å². The average Bonchev–Trinajstić information content (AvgIpc) is 3.12. The molecule has 1 aliphatic carbocycles. The molecule has 1 saturated carbocycles. The van der Waals surface area contributed by atoms with Crippen molar-refractivity contribution in [2.24, 2.45) is 10.4 Å². The van der Waals surface area contributed by atoms with Gasteiger partial charge in [-0.15, -0.1) is 16.3 Å². The number of thiophene rings is 1. The smallest absolute Gasteiger partial charge is 0.354 e. The Morgan fingerprint density at radius 1 is 1.28 bits per heavy atom. The Balaban J connectivity index is 1.83. The Morgan fingerprint density at radius 3 is 2.62 bits per heavy atom. The van der Waals surface area contributed by atoms with Gasteiger partial charge in [0.05, 0.1) is 18.4 Å². The zero-order chi connectivity index (χ0) is 23.3. The van der Waals surface area contributed by atoms with E-state index in [9.17, 15) is 22.8 Å². The fourth-order valence-corrected chi connectivity index (χ4v) is 5.26. The summed E-state index contributed by atoms with van der Waals surface area (Å²) in [6.07, 6.45) is -2.09. The molecule has 2 aromatic rings. The minimum Gasteiger partial charge on any atom is -0.354 e. The lowest BCUT2D eigenvalue weighted by molar-refractivity contribution is -0.136. The van der Waals surface area contributed by atoms with Crippen LogP contribution in [0.5, 0.6) is 0 Å². The lowest BCUT2D eigenvalue weighted by Gasteiger charge is -2.15. The van der Waals surface area contributed by atoms with E-state index in [1.165, 1.54) is 0 Å². The molecule has 0 radical (unpaired) electrons. The first-order valence-electron chi connectivity index (χ1n) is 10.3. The van der Waals surface area contributed by atoms with Crippen molar-refractivity contribution in [3.63, 3.8) is 0 Å². The van der Waals surface area contributed by atoms with Crippen LogP contribution in [-0.2, 0) is 19.6 Å². The molecule has 8 nitrogen and oxygen atoms in total. The molecule has 0 atom stereocenters. The highest BCUT2D eigenvalue weighted by molar-refractivity contribution is 7.18. The van der Waals surface area contributed by atoms with Gasteiger partial charge in [-0.3, -0.25) is 13.9 Å². The number of aryl methyl sites for hydroxylation is 2. The molecule has 2 aromatic heterocycles. The van der Waals surface area contributed by atoms with Crippen molar-refractivity contribution >= 4 is 27.5 Å². The highest BCUT2D eigenvalue weighted by Gasteiger charge is 2.39. The van der Waals surface area contributed by atoms with E-state index in [1.54, 1.807) is 13.1 Å². The number of alkyl halides is 3. The number of halogens is 3. The maximum atomic E-state index is 13.3. The number of aromatic nitrogens is 2. The second-order valence-electron chi connectivity index (χ2n) is 8.72. The third kappa shape index (κ3) is 4.26. The van der Waals surface area contributed by atoms with Crippen molar-refractivity contribution in [3.05, 3.63) is 31.3 Å². The van der Waals surface area contributed by atoms with E-state index >= 15 is 0 Å². The van der Waals surface area contributed by atoms with Gasteiger partial charge in [-0.1, -0.05) is 6.92 Å². The molecule has 2 aliphatic rings. The molecule has 12 heteroatoms. The summed E-state index contributed by atoms with van der Waals surface area (Å²) in [5.41, 5.74) is -0.669. The highest BCUT2D eigenvalue weighted by atomic mass is 32.1. The molecule has 0 unspecified atom stereocenters. The Hall–Kier alpha value is -2.81. The van der Waals surface area contributed by atoms with Crippen molar-refractivity contribution in [1.29, 1.82) is 5.26 Å². The van der Waals surface area contributed by atoms with Gasteiger partial charge in [0, 0.05) is 31.1 Å². The number of fused-ring (bicyclic) bond motifs is 1. The third-order valence-corrected chi connectivity index (χ3v) is 7.41. The number of aliphatic imine (C=N–C) groups is 1. The molecular weight excluding hydrogens is 445 g/mol. The van der Waals surface area contributed by atoms with Crippen molar-refractivity contribution in [2.75, 3.05) is 13.1 Å². The van der Waals surface area contributed by atoms with Gasteiger partial charge in [-0.05, 0) is 30.7 Å².